The summed E-state index contributed by atoms with van der Waals surface area (Å²) in [5.41, 5.74) is 7.15. The van der Waals surface area contributed by atoms with Crippen molar-refractivity contribution in [1.29, 1.82) is 0 Å². The first kappa shape index (κ1) is 12.9. The molecule has 0 fully saturated rings. The van der Waals surface area contributed by atoms with Gasteiger partial charge in [0.1, 0.15) is 5.69 Å². The summed E-state index contributed by atoms with van der Waals surface area (Å²) >= 11 is 7.23. The summed E-state index contributed by atoms with van der Waals surface area (Å²) in [6, 6.07) is 5.13. The van der Waals surface area contributed by atoms with Crippen molar-refractivity contribution in [3.8, 4) is 10.6 Å². The van der Waals surface area contributed by atoms with Gasteiger partial charge in [-0.15, -0.1) is 11.3 Å². The molecule has 2 heterocycles. The van der Waals surface area contributed by atoms with Crippen LogP contribution in [0.3, 0.4) is 0 Å². The van der Waals surface area contributed by atoms with Crippen LogP contribution in [0.2, 0.25) is 4.34 Å². The van der Waals surface area contributed by atoms with E-state index in [2.05, 4.69) is 4.98 Å². The van der Waals surface area contributed by atoms with E-state index < -0.39 is 5.97 Å². The van der Waals surface area contributed by atoms with Crippen molar-refractivity contribution in [2.24, 2.45) is 0 Å². The molecule has 0 unspecified atom stereocenters. The van der Waals surface area contributed by atoms with Gasteiger partial charge < -0.3 is 10.5 Å². The Kier molecular flexibility index (Phi) is 3.84. The smallest absolute Gasteiger partial charge is 0.340 e. The van der Waals surface area contributed by atoms with Crippen molar-refractivity contribution < 1.29 is 9.53 Å². The number of carbonyl (C=O) groups excluding carboxylic acids is 1. The second kappa shape index (κ2) is 5.37. The lowest BCUT2D eigenvalue weighted by Gasteiger charge is -2.07. The van der Waals surface area contributed by atoms with Gasteiger partial charge in [0.25, 0.3) is 0 Å². The molecule has 4 nitrogen and oxygen atoms in total. The lowest BCUT2D eigenvalue weighted by atomic mass is 10.1. The molecule has 0 aliphatic rings. The van der Waals surface area contributed by atoms with Crippen LogP contribution in [0.1, 0.15) is 17.3 Å². The van der Waals surface area contributed by atoms with Gasteiger partial charge in [-0.25, -0.2) is 4.79 Å². The first-order chi connectivity index (χ1) is 8.63. The van der Waals surface area contributed by atoms with Gasteiger partial charge in [-0.1, -0.05) is 11.6 Å². The number of halogens is 1. The number of esters is 1. The highest BCUT2D eigenvalue weighted by atomic mass is 35.5. The van der Waals surface area contributed by atoms with Crippen molar-refractivity contribution in [1.82, 2.24) is 4.98 Å². The van der Waals surface area contributed by atoms with Gasteiger partial charge in [0.15, 0.2) is 0 Å². The van der Waals surface area contributed by atoms with Crippen molar-refractivity contribution in [3.63, 3.8) is 0 Å². The number of pyridine rings is 1. The molecule has 0 bridgehead atoms. The fourth-order valence-corrected chi connectivity index (χ4v) is 2.55. The Morgan fingerprint density at radius 1 is 1.50 bits per heavy atom. The predicted octanol–water partition coefficient (Wildman–Crippen LogP) is 3.22. The molecule has 0 saturated heterocycles. The maximum Gasteiger partial charge on any atom is 0.340 e. The summed E-state index contributed by atoms with van der Waals surface area (Å²) in [5.74, 6) is -0.443. The molecule has 0 atom stereocenters. The molecule has 2 aromatic rings. The summed E-state index contributed by atoms with van der Waals surface area (Å²) in [5, 5.41) is 0. The number of hydrogen-bond donors (Lipinski definition) is 1. The standard InChI is InChI=1S/C12H11ClN2O2S/c1-2-17-12(16)7-5-6-15-11(10(7)14)8-3-4-9(13)18-8/h3-6H,2,14H2,1H3. The van der Waals surface area contributed by atoms with Crippen LogP contribution < -0.4 is 5.73 Å². The van der Waals surface area contributed by atoms with E-state index in [-0.39, 0.29) is 0 Å². The summed E-state index contributed by atoms with van der Waals surface area (Å²) in [6.07, 6.45) is 1.53. The number of anilines is 1. The van der Waals surface area contributed by atoms with Crippen LogP contribution in [0, 0.1) is 0 Å². The third kappa shape index (κ3) is 2.47. The molecule has 94 valence electrons. The summed E-state index contributed by atoms with van der Waals surface area (Å²) in [4.78, 5) is 16.7. The second-order valence-electron chi connectivity index (χ2n) is 3.45. The Morgan fingerprint density at radius 3 is 2.89 bits per heavy atom. The van der Waals surface area contributed by atoms with E-state index in [1.807, 2.05) is 6.07 Å². The topological polar surface area (TPSA) is 65.2 Å². The van der Waals surface area contributed by atoms with Gasteiger partial charge >= 0.3 is 5.97 Å². The van der Waals surface area contributed by atoms with Gasteiger partial charge in [-0.05, 0) is 25.1 Å². The van der Waals surface area contributed by atoms with Crippen LogP contribution in [0.25, 0.3) is 10.6 Å². The molecule has 2 rings (SSSR count). The van der Waals surface area contributed by atoms with Crippen molar-refractivity contribution in [2.75, 3.05) is 12.3 Å². The zero-order chi connectivity index (χ0) is 13.1. The van der Waals surface area contributed by atoms with Crippen molar-refractivity contribution >= 4 is 34.6 Å². The number of ether oxygens (including phenoxy) is 1. The quantitative estimate of drug-likeness (QED) is 0.878. The number of rotatable bonds is 3. The van der Waals surface area contributed by atoms with E-state index in [9.17, 15) is 4.79 Å². The van der Waals surface area contributed by atoms with Crippen molar-refractivity contribution in [2.45, 2.75) is 6.92 Å². The molecular weight excluding hydrogens is 272 g/mol. The normalized spacial score (nSPS) is 10.3. The minimum atomic E-state index is -0.443. The molecule has 0 aliphatic carbocycles. The second-order valence-corrected chi connectivity index (χ2v) is 5.16. The fraction of sp³-hybridized carbons (Fsp3) is 0.167. The van der Waals surface area contributed by atoms with E-state index in [4.69, 9.17) is 22.1 Å². The van der Waals surface area contributed by atoms with E-state index in [0.717, 1.165) is 4.88 Å². The maximum absolute atomic E-state index is 11.7. The SMILES string of the molecule is CCOC(=O)c1ccnc(-c2ccc(Cl)s2)c1N. The molecule has 0 amide bonds. The Labute approximate surface area is 113 Å². The molecule has 0 spiro atoms. The van der Waals surface area contributed by atoms with Crippen LogP contribution in [0.15, 0.2) is 24.4 Å². The number of aromatic nitrogens is 1. The molecule has 18 heavy (non-hydrogen) atoms. The molecule has 2 aromatic heterocycles. The number of thiophene rings is 1. The van der Waals surface area contributed by atoms with Crippen LogP contribution in [-0.2, 0) is 4.74 Å². The predicted molar refractivity (Wildman–Crippen MR) is 72.9 cm³/mol. The highest BCUT2D eigenvalue weighted by molar-refractivity contribution is 7.19. The maximum atomic E-state index is 11.7. The summed E-state index contributed by atoms with van der Waals surface area (Å²) in [6.45, 7) is 2.05. The zero-order valence-corrected chi connectivity index (χ0v) is 11.2. The zero-order valence-electron chi connectivity index (χ0n) is 9.64. The van der Waals surface area contributed by atoms with Gasteiger partial charge in [-0.3, -0.25) is 4.98 Å². The van der Waals surface area contributed by atoms with E-state index in [0.29, 0.717) is 27.9 Å². The molecule has 0 aliphatic heterocycles. The van der Waals surface area contributed by atoms with Crippen LogP contribution in [-0.4, -0.2) is 17.6 Å². The largest absolute Gasteiger partial charge is 0.462 e. The number of nitrogens with two attached hydrogens (primary N) is 1. The Morgan fingerprint density at radius 2 is 2.28 bits per heavy atom. The van der Waals surface area contributed by atoms with Gasteiger partial charge in [0.05, 0.1) is 27.1 Å². The van der Waals surface area contributed by atoms with E-state index in [1.54, 1.807) is 19.1 Å². The molecule has 0 aromatic carbocycles. The van der Waals surface area contributed by atoms with Gasteiger partial charge in [-0.2, -0.15) is 0 Å². The van der Waals surface area contributed by atoms with E-state index >= 15 is 0 Å². The molecule has 6 heteroatoms. The number of hydrogen-bond acceptors (Lipinski definition) is 5. The minimum Gasteiger partial charge on any atom is -0.462 e. The third-order valence-corrected chi connectivity index (χ3v) is 3.53. The minimum absolute atomic E-state index is 0.306. The van der Waals surface area contributed by atoms with Gasteiger partial charge in [0, 0.05) is 6.20 Å². The highest BCUT2D eigenvalue weighted by Crippen LogP contribution is 2.34. The Hall–Kier alpha value is -1.59. The molecule has 0 saturated carbocycles. The van der Waals surface area contributed by atoms with Gasteiger partial charge in [0.2, 0.25) is 0 Å². The lowest BCUT2D eigenvalue weighted by molar-refractivity contribution is 0.0527. The number of nitrogen functional groups attached to an aromatic ring is 1. The average Bonchev–Trinajstić information content (AvgIpc) is 2.76. The van der Waals surface area contributed by atoms with E-state index in [1.165, 1.54) is 17.5 Å². The molecule has 2 N–H and O–H groups in total. The Balaban J connectivity index is 2.45. The summed E-state index contributed by atoms with van der Waals surface area (Å²) < 4.78 is 5.58. The fourth-order valence-electron chi connectivity index (χ4n) is 1.50. The first-order valence-corrected chi connectivity index (χ1v) is 6.50. The third-order valence-electron chi connectivity index (χ3n) is 2.29. The lowest BCUT2D eigenvalue weighted by Crippen LogP contribution is -2.09. The monoisotopic (exact) mass is 282 g/mol. The molecule has 0 radical (unpaired) electrons. The van der Waals surface area contributed by atoms with Crippen LogP contribution in [0.4, 0.5) is 5.69 Å². The van der Waals surface area contributed by atoms with Crippen LogP contribution >= 0.6 is 22.9 Å². The average molecular weight is 283 g/mol. The Bertz CT molecular complexity index is 583. The summed E-state index contributed by atoms with van der Waals surface area (Å²) in [7, 11) is 0. The number of carbonyl (C=O) groups is 1. The first-order valence-electron chi connectivity index (χ1n) is 5.30. The number of nitrogens with zero attached hydrogens (tertiary/aromatic N) is 1. The highest BCUT2D eigenvalue weighted by Gasteiger charge is 2.16. The van der Waals surface area contributed by atoms with Crippen molar-refractivity contribution in [3.05, 3.63) is 34.3 Å². The van der Waals surface area contributed by atoms with Crippen LogP contribution in [0.5, 0.6) is 0 Å². The molecular formula is C12H11ClN2O2S.